The van der Waals surface area contributed by atoms with Crippen LogP contribution in [-0.4, -0.2) is 30.3 Å². The monoisotopic (exact) mass is 288 g/mol. The Morgan fingerprint density at radius 3 is 1.56 bits per heavy atom. The maximum atomic E-state index is 12.8. The predicted molar refractivity (Wildman–Crippen MR) is 49.7 cm³/mol. The number of halogens is 7. The molecule has 0 aliphatic heterocycles. The number of hydrogen-bond acceptors (Lipinski definition) is 1. The summed E-state index contributed by atoms with van der Waals surface area (Å²) in [5.74, 6) is -5.58. The van der Waals surface area contributed by atoms with E-state index in [1.54, 1.807) is 0 Å². The molecule has 0 aromatic rings. The number of ether oxygens (including phenoxy) is 1. The highest BCUT2D eigenvalue weighted by molar-refractivity contribution is 4.85. The fourth-order valence-electron chi connectivity index (χ4n) is 1.07. The van der Waals surface area contributed by atoms with E-state index in [4.69, 9.17) is 0 Å². The first-order chi connectivity index (χ1) is 7.56. The topological polar surface area (TPSA) is 40.7 Å². The van der Waals surface area contributed by atoms with Gasteiger partial charge < -0.3 is 10.2 Å². The molecule has 9 heteroatoms. The molecule has 0 fully saturated rings. The second kappa shape index (κ2) is 7.13. The van der Waals surface area contributed by atoms with Crippen LogP contribution in [0.3, 0.4) is 0 Å². The quantitative estimate of drug-likeness (QED) is 0.544. The van der Waals surface area contributed by atoms with Crippen molar-refractivity contribution in [2.75, 3.05) is 6.61 Å². The molecule has 0 aliphatic rings. The van der Waals surface area contributed by atoms with E-state index in [9.17, 15) is 30.7 Å². The molecule has 0 saturated heterocycles. The van der Waals surface area contributed by atoms with Crippen molar-refractivity contribution in [2.45, 2.75) is 50.8 Å². The van der Waals surface area contributed by atoms with Crippen molar-refractivity contribution in [3.8, 4) is 0 Å². The minimum Gasteiger partial charge on any atom is -0.412 e. The Morgan fingerprint density at radius 1 is 0.778 bits per heavy atom. The van der Waals surface area contributed by atoms with Gasteiger partial charge in [-0.2, -0.15) is 30.7 Å². The van der Waals surface area contributed by atoms with E-state index in [1.807, 2.05) is 6.92 Å². The lowest BCUT2D eigenvalue weighted by Crippen LogP contribution is -2.55. The summed E-state index contributed by atoms with van der Waals surface area (Å²) in [6.45, 7) is 0.890. The molecule has 112 valence electrons. The predicted octanol–water partition coefficient (Wildman–Crippen LogP) is 3.55. The molecule has 0 aliphatic carbocycles. The van der Waals surface area contributed by atoms with Crippen LogP contribution in [0.5, 0.6) is 0 Å². The van der Waals surface area contributed by atoms with Crippen LogP contribution in [0.15, 0.2) is 0 Å². The van der Waals surface area contributed by atoms with Crippen LogP contribution >= 0.6 is 0 Å². The number of unbranched alkanes of at least 4 members (excludes halogenated alkanes) is 3. The zero-order valence-corrected chi connectivity index (χ0v) is 9.59. The standard InChI is InChI=1S/C9H13F7O.H2O/c1-2-3-4-5-6-17-7(10,8(11,12)13)9(14,15)16;/h2-6H2,1H3;1H2. The molecule has 0 atom stereocenters. The molecule has 0 radical (unpaired) electrons. The minimum atomic E-state index is -6.13. The van der Waals surface area contributed by atoms with Gasteiger partial charge in [0, 0.05) is 0 Å². The number of hydrogen-bond donors (Lipinski definition) is 0. The van der Waals surface area contributed by atoms with Crippen LogP contribution in [0, 0.1) is 0 Å². The summed E-state index contributed by atoms with van der Waals surface area (Å²) in [6, 6.07) is 0. The van der Waals surface area contributed by atoms with E-state index in [0.29, 0.717) is 12.8 Å². The van der Waals surface area contributed by atoms with E-state index in [0.717, 1.165) is 6.42 Å². The molecule has 0 saturated carbocycles. The first-order valence-corrected chi connectivity index (χ1v) is 5.02. The SMILES string of the molecule is CCCCCCOC(F)(C(F)(F)F)C(F)(F)F.O. The molecular formula is C9H15F7O2. The minimum absolute atomic E-state index is 0. The third kappa shape index (κ3) is 4.97. The maximum absolute atomic E-state index is 12.8. The van der Waals surface area contributed by atoms with Gasteiger partial charge in [-0.25, -0.2) is 0 Å². The molecule has 0 aromatic carbocycles. The molecule has 0 unspecified atom stereocenters. The fraction of sp³-hybridized carbons (Fsp3) is 1.00. The van der Waals surface area contributed by atoms with E-state index >= 15 is 0 Å². The molecule has 2 N–H and O–H groups in total. The second-order valence-corrected chi connectivity index (χ2v) is 3.50. The summed E-state index contributed by atoms with van der Waals surface area (Å²) >= 11 is 0. The van der Waals surface area contributed by atoms with Crippen molar-refractivity contribution in [1.29, 1.82) is 0 Å². The van der Waals surface area contributed by atoms with Gasteiger partial charge in [0.15, 0.2) is 0 Å². The normalized spacial score (nSPS) is 13.3. The van der Waals surface area contributed by atoms with Crippen LogP contribution in [0.25, 0.3) is 0 Å². The lowest BCUT2D eigenvalue weighted by molar-refractivity contribution is -0.430. The average molecular weight is 288 g/mol. The van der Waals surface area contributed by atoms with Crippen LogP contribution in [-0.2, 0) is 4.74 Å². The molecule has 2 nitrogen and oxygen atoms in total. The van der Waals surface area contributed by atoms with Crippen molar-refractivity contribution in [2.24, 2.45) is 0 Å². The van der Waals surface area contributed by atoms with Crippen LogP contribution in [0.4, 0.5) is 30.7 Å². The van der Waals surface area contributed by atoms with Crippen molar-refractivity contribution in [1.82, 2.24) is 0 Å². The molecule has 0 spiro atoms. The van der Waals surface area contributed by atoms with Gasteiger partial charge in [0.1, 0.15) is 0 Å². The van der Waals surface area contributed by atoms with Crippen molar-refractivity contribution in [3.05, 3.63) is 0 Å². The van der Waals surface area contributed by atoms with Gasteiger partial charge in [-0.3, -0.25) is 0 Å². The molecule has 0 rings (SSSR count). The Morgan fingerprint density at radius 2 is 1.22 bits per heavy atom. The summed E-state index contributed by atoms with van der Waals surface area (Å²) < 4.78 is 88.0. The summed E-state index contributed by atoms with van der Waals surface area (Å²) in [6.07, 6.45) is -10.5. The lowest BCUT2D eigenvalue weighted by atomic mass is 10.2. The lowest BCUT2D eigenvalue weighted by Gasteiger charge is -2.29. The van der Waals surface area contributed by atoms with E-state index in [-0.39, 0.29) is 11.9 Å². The maximum Gasteiger partial charge on any atom is 0.458 e. The molecular weight excluding hydrogens is 273 g/mol. The van der Waals surface area contributed by atoms with Crippen molar-refractivity contribution < 1.29 is 40.9 Å². The third-order valence-electron chi connectivity index (χ3n) is 2.03. The highest BCUT2D eigenvalue weighted by Gasteiger charge is 2.74. The number of rotatable bonds is 6. The van der Waals surface area contributed by atoms with E-state index < -0.39 is 24.8 Å². The first kappa shape index (κ1) is 19.8. The van der Waals surface area contributed by atoms with E-state index in [1.165, 1.54) is 0 Å². The molecule has 18 heavy (non-hydrogen) atoms. The van der Waals surface area contributed by atoms with Gasteiger partial charge in [0.25, 0.3) is 0 Å². The van der Waals surface area contributed by atoms with E-state index in [2.05, 4.69) is 4.74 Å². The van der Waals surface area contributed by atoms with Gasteiger partial charge in [0.05, 0.1) is 6.61 Å². The summed E-state index contributed by atoms with van der Waals surface area (Å²) in [5.41, 5.74) is 0. The Labute approximate surface area is 99.4 Å². The second-order valence-electron chi connectivity index (χ2n) is 3.50. The van der Waals surface area contributed by atoms with Crippen LogP contribution in [0.1, 0.15) is 32.6 Å². The molecule has 0 aromatic heterocycles. The molecule has 0 amide bonds. The smallest absolute Gasteiger partial charge is 0.412 e. The van der Waals surface area contributed by atoms with Crippen LogP contribution < -0.4 is 0 Å². The summed E-state index contributed by atoms with van der Waals surface area (Å²) in [7, 11) is 0. The van der Waals surface area contributed by atoms with Gasteiger partial charge in [-0.1, -0.05) is 26.2 Å². The Kier molecular flexibility index (Phi) is 7.82. The highest BCUT2D eigenvalue weighted by Crippen LogP contribution is 2.46. The van der Waals surface area contributed by atoms with Gasteiger partial charge in [-0.15, -0.1) is 0 Å². The summed E-state index contributed by atoms with van der Waals surface area (Å²) in [5, 5.41) is 0. The Bertz CT molecular complexity index is 210. The van der Waals surface area contributed by atoms with Crippen molar-refractivity contribution >= 4 is 0 Å². The Balaban J connectivity index is 0. The van der Waals surface area contributed by atoms with Crippen molar-refractivity contribution in [3.63, 3.8) is 0 Å². The zero-order chi connectivity index (χ0) is 13.7. The largest absolute Gasteiger partial charge is 0.458 e. The highest BCUT2D eigenvalue weighted by atomic mass is 19.4. The van der Waals surface area contributed by atoms with Crippen LogP contribution in [0.2, 0.25) is 0 Å². The molecule has 0 bridgehead atoms. The third-order valence-corrected chi connectivity index (χ3v) is 2.03. The van der Waals surface area contributed by atoms with Gasteiger partial charge in [0.2, 0.25) is 0 Å². The number of alkyl halides is 7. The summed E-state index contributed by atoms with van der Waals surface area (Å²) in [4.78, 5) is 0. The fourth-order valence-corrected chi connectivity index (χ4v) is 1.07. The average Bonchev–Trinajstić information content (AvgIpc) is 2.13. The Hall–Kier alpha value is -0.570. The molecule has 0 heterocycles. The van der Waals surface area contributed by atoms with Gasteiger partial charge >= 0.3 is 18.2 Å². The first-order valence-electron chi connectivity index (χ1n) is 5.02. The van der Waals surface area contributed by atoms with Gasteiger partial charge in [-0.05, 0) is 6.42 Å². The zero-order valence-electron chi connectivity index (χ0n) is 9.59.